The molecular formula is C21H32N2O. The molecule has 1 aromatic carbocycles. The fraction of sp³-hybridized carbons (Fsp3) is 0.619. The van der Waals surface area contributed by atoms with Crippen LogP contribution in [-0.4, -0.2) is 48.3 Å². The van der Waals surface area contributed by atoms with Crippen LogP contribution in [-0.2, 0) is 0 Å². The van der Waals surface area contributed by atoms with Gasteiger partial charge in [-0.15, -0.1) is 5.92 Å². The lowest BCUT2D eigenvalue weighted by atomic mass is 9.77. The second-order valence-corrected chi connectivity index (χ2v) is 6.81. The molecule has 1 aliphatic rings. The van der Waals surface area contributed by atoms with Crippen molar-refractivity contribution in [3.8, 4) is 11.8 Å². The van der Waals surface area contributed by atoms with Crippen molar-refractivity contribution in [3.05, 3.63) is 35.4 Å². The first-order valence-electron chi connectivity index (χ1n) is 9.31. The number of hydrogen-bond acceptors (Lipinski definition) is 3. The van der Waals surface area contributed by atoms with E-state index in [1.165, 1.54) is 5.56 Å². The van der Waals surface area contributed by atoms with Gasteiger partial charge in [-0.2, -0.15) is 0 Å². The Labute approximate surface area is 147 Å². The van der Waals surface area contributed by atoms with Crippen molar-refractivity contribution >= 4 is 0 Å². The Hall–Kier alpha value is -1.34. The fourth-order valence-corrected chi connectivity index (χ4v) is 3.71. The Kier molecular flexibility index (Phi) is 7.30. The molecule has 2 N–H and O–H groups in total. The van der Waals surface area contributed by atoms with Gasteiger partial charge in [-0.05, 0) is 37.5 Å². The molecule has 24 heavy (non-hydrogen) atoms. The number of nitrogens with zero attached hydrogens (tertiary/aromatic N) is 1. The largest absolute Gasteiger partial charge is 0.389 e. The Morgan fingerprint density at radius 3 is 2.42 bits per heavy atom. The Bertz CT molecular complexity index is 551. The molecule has 2 atom stereocenters. The maximum absolute atomic E-state index is 11.4. The number of benzene rings is 1. The van der Waals surface area contributed by atoms with Gasteiger partial charge in [0.2, 0.25) is 0 Å². The zero-order chi connectivity index (χ0) is 17.4. The fourth-order valence-electron chi connectivity index (χ4n) is 3.71. The third-order valence-electron chi connectivity index (χ3n) is 5.18. The molecule has 0 radical (unpaired) electrons. The normalized spacial score (nSPS) is 19.2. The van der Waals surface area contributed by atoms with Gasteiger partial charge in [0.15, 0.2) is 0 Å². The first-order valence-corrected chi connectivity index (χ1v) is 9.31. The summed E-state index contributed by atoms with van der Waals surface area (Å²) in [6, 6.07) is 8.48. The molecular weight excluding hydrogens is 296 g/mol. The first-order chi connectivity index (χ1) is 11.6. The van der Waals surface area contributed by atoms with Crippen LogP contribution in [0.2, 0.25) is 0 Å². The maximum Gasteiger partial charge on any atom is 0.0725 e. The molecule has 0 bridgehead atoms. The van der Waals surface area contributed by atoms with Gasteiger partial charge in [0.1, 0.15) is 0 Å². The predicted octanol–water partition coefficient (Wildman–Crippen LogP) is 2.99. The van der Waals surface area contributed by atoms with Gasteiger partial charge in [0, 0.05) is 44.2 Å². The molecule has 2 unspecified atom stereocenters. The van der Waals surface area contributed by atoms with Crippen LogP contribution in [0.5, 0.6) is 0 Å². The molecule has 3 heteroatoms. The van der Waals surface area contributed by atoms with Crippen LogP contribution in [0.1, 0.15) is 57.1 Å². The van der Waals surface area contributed by atoms with E-state index in [1.54, 1.807) is 0 Å². The zero-order valence-corrected chi connectivity index (χ0v) is 15.4. The number of nitrogens with one attached hydrogen (secondary N) is 1. The van der Waals surface area contributed by atoms with Crippen LogP contribution in [0.3, 0.4) is 0 Å². The van der Waals surface area contributed by atoms with Gasteiger partial charge >= 0.3 is 0 Å². The highest BCUT2D eigenvalue weighted by Crippen LogP contribution is 2.36. The summed E-state index contributed by atoms with van der Waals surface area (Å²) in [4.78, 5) is 2.48. The average Bonchev–Trinajstić information content (AvgIpc) is 2.62. The lowest BCUT2D eigenvalue weighted by Gasteiger charge is -2.40. The van der Waals surface area contributed by atoms with E-state index in [0.717, 1.165) is 57.5 Å². The van der Waals surface area contributed by atoms with Gasteiger partial charge in [-0.1, -0.05) is 38.3 Å². The lowest BCUT2D eigenvalue weighted by Crippen LogP contribution is -2.49. The molecule has 1 heterocycles. The van der Waals surface area contributed by atoms with Gasteiger partial charge < -0.3 is 15.3 Å². The summed E-state index contributed by atoms with van der Waals surface area (Å²) >= 11 is 0. The summed E-state index contributed by atoms with van der Waals surface area (Å²) in [5, 5.41) is 14.8. The Morgan fingerprint density at radius 2 is 1.88 bits per heavy atom. The molecule has 0 aromatic heterocycles. The topological polar surface area (TPSA) is 35.5 Å². The van der Waals surface area contributed by atoms with E-state index in [0.29, 0.717) is 0 Å². The number of piperazine rings is 1. The Morgan fingerprint density at radius 1 is 1.21 bits per heavy atom. The van der Waals surface area contributed by atoms with Gasteiger partial charge in [-0.3, -0.25) is 0 Å². The molecule has 0 aliphatic carbocycles. The highest BCUT2D eigenvalue weighted by Gasteiger charge is 2.36. The SMILES string of the molecule is CC#Cc1ccc(C(CN2CCNCC2)C(O)(CC)CCC)cc1. The summed E-state index contributed by atoms with van der Waals surface area (Å²) in [6.45, 7) is 11.2. The standard InChI is InChI=1S/C21H32N2O/c1-4-7-18-8-10-19(11-9-18)20(21(24,6-3)12-5-2)17-23-15-13-22-14-16-23/h8-11,20,22,24H,5-6,12-17H2,1-3H3. The van der Waals surface area contributed by atoms with Crippen molar-refractivity contribution in [3.63, 3.8) is 0 Å². The molecule has 1 aromatic rings. The van der Waals surface area contributed by atoms with Crippen molar-refractivity contribution in [2.24, 2.45) is 0 Å². The number of rotatable bonds is 7. The van der Waals surface area contributed by atoms with Crippen LogP contribution in [0.4, 0.5) is 0 Å². The second kappa shape index (κ2) is 9.22. The first kappa shape index (κ1) is 19.0. The maximum atomic E-state index is 11.4. The lowest BCUT2D eigenvalue weighted by molar-refractivity contribution is -0.0128. The molecule has 0 amide bonds. The van der Waals surface area contributed by atoms with Crippen molar-refractivity contribution in [1.82, 2.24) is 10.2 Å². The highest BCUT2D eigenvalue weighted by atomic mass is 16.3. The van der Waals surface area contributed by atoms with Gasteiger partial charge in [-0.25, -0.2) is 0 Å². The van der Waals surface area contributed by atoms with Gasteiger partial charge in [0.25, 0.3) is 0 Å². The van der Waals surface area contributed by atoms with Crippen LogP contribution >= 0.6 is 0 Å². The van der Waals surface area contributed by atoms with E-state index in [-0.39, 0.29) is 5.92 Å². The summed E-state index contributed by atoms with van der Waals surface area (Å²) in [7, 11) is 0. The minimum atomic E-state index is -0.641. The van der Waals surface area contributed by atoms with Crippen molar-refractivity contribution in [1.29, 1.82) is 0 Å². The molecule has 0 saturated carbocycles. The molecule has 3 nitrogen and oxygen atoms in total. The number of hydrogen-bond donors (Lipinski definition) is 2. The van der Waals surface area contributed by atoms with Gasteiger partial charge in [0.05, 0.1) is 5.60 Å². The summed E-state index contributed by atoms with van der Waals surface area (Å²) in [6.07, 6.45) is 2.63. The molecule has 132 valence electrons. The smallest absolute Gasteiger partial charge is 0.0725 e. The van der Waals surface area contributed by atoms with E-state index < -0.39 is 5.60 Å². The highest BCUT2D eigenvalue weighted by molar-refractivity contribution is 5.37. The van der Waals surface area contributed by atoms with Crippen molar-refractivity contribution < 1.29 is 5.11 Å². The van der Waals surface area contributed by atoms with E-state index in [1.807, 2.05) is 6.92 Å². The second-order valence-electron chi connectivity index (χ2n) is 6.81. The molecule has 2 rings (SSSR count). The Balaban J connectivity index is 2.27. The van der Waals surface area contributed by atoms with Crippen molar-refractivity contribution in [2.45, 2.75) is 51.6 Å². The third kappa shape index (κ3) is 4.83. The third-order valence-corrected chi connectivity index (χ3v) is 5.18. The molecule has 1 fully saturated rings. The van der Waals surface area contributed by atoms with E-state index in [2.05, 4.69) is 60.2 Å². The summed E-state index contributed by atoms with van der Waals surface area (Å²) < 4.78 is 0. The van der Waals surface area contributed by atoms with Crippen LogP contribution < -0.4 is 5.32 Å². The number of aliphatic hydroxyl groups is 1. The quantitative estimate of drug-likeness (QED) is 0.755. The molecule has 1 saturated heterocycles. The van der Waals surface area contributed by atoms with E-state index in [4.69, 9.17) is 0 Å². The summed E-state index contributed by atoms with van der Waals surface area (Å²) in [5.41, 5.74) is 1.63. The summed E-state index contributed by atoms with van der Waals surface area (Å²) in [5.74, 6) is 6.19. The van der Waals surface area contributed by atoms with Crippen LogP contribution in [0.15, 0.2) is 24.3 Å². The zero-order valence-electron chi connectivity index (χ0n) is 15.4. The van der Waals surface area contributed by atoms with E-state index in [9.17, 15) is 5.11 Å². The minimum absolute atomic E-state index is 0.143. The minimum Gasteiger partial charge on any atom is -0.389 e. The van der Waals surface area contributed by atoms with Crippen LogP contribution in [0.25, 0.3) is 0 Å². The van der Waals surface area contributed by atoms with Crippen LogP contribution in [0, 0.1) is 11.8 Å². The molecule has 0 spiro atoms. The molecule has 1 aliphatic heterocycles. The van der Waals surface area contributed by atoms with Crippen molar-refractivity contribution in [2.75, 3.05) is 32.7 Å². The average molecular weight is 329 g/mol. The predicted molar refractivity (Wildman–Crippen MR) is 101 cm³/mol. The van der Waals surface area contributed by atoms with E-state index >= 15 is 0 Å². The monoisotopic (exact) mass is 328 g/mol.